The van der Waals surface area contributed by atoms with E-state index in [0.717, 1.165) is 12.8 Å². The molecule has 0 aromatic heterocycles. The predicted octanol–water partition coefficient (Wildman–Crippen LogP) is -0.0417. The third-order valence-electron chi connectivity index (χ3n) is 3.08. The lowest BCUT2D eigenvalue weighted by atomic mass is 10.2. The van der Waals surface area contributed by atoms with Gasteiger partial charge in [0.05, 0.1) is 11.5 Å². The smallest absolute Gasteiger partial charge is 0.329 e. The number of sulfonamides is 1. The molecule has 1 aliphatic carbocycles. The van der Waals surface area contributed by atoms with Gasteiger partial charge in [-0.25, -0.2) is 17.9 Å². The van der Waals surface area contributed by atoms with Crippen molar-refractivity contribution in [1.29, 1.82) is 0 Å². The number of carbonyl (C=O) groups is 2. The van der Waals surface area contributed by atoms with Crippen LogP contribution in [-0.2, 0) is 19.6 Å². The zero-order chi connectivity index (χ0) is 16.9. The van der Waals surface area contributed by atoms with E-state index in [4.69, 9.17) is 9.84 Å². The van der Waals surface area contributed by atoms with E-state index in [1.165, 1.54) is 24.3 Å². The number of amides is 1. The van der Waals surface area contributed by atoms with Crippen LogP contribution in [0.4, 0.5) is 0 Å². The number of carboxylic acid groups (broad SMARTS) is 1. The molecule has 1 aromatic carbocycles. The Morgan fingerprint density at radius 1 is 1.22 bits per heavy atom. The molecule has 1 aliphatic rings. The van der Waals surface area contributed by atoms with Crippen molar-refractivity contribution in [3.63, 3.8) is 0 Å². The molecular weight excluding hydrogens is 324 g/mol. The molecule has 1 fully saturated rings. The number of hydrogen-bond donors (Lipinski definition) is 3. The maximum absolute atomic E-state index is 12.0. The molecule has 0 heterocycles. The van der Waals surface area contributed by atoms with Crippen LogP contribution in [0.3, 0.4) is 0 Å². The van der Waals surface area contributed by atoms with Gasteiger partial charge >= 0.3 is 5.97 Å². The maximum Gasteiger partial charge on any atom is 0.329 e. The molecule has 9 heteroatoms. The molecule has 0 saturated heterocycles. The lowest BCUT2D eigenvalue weighted by molar-refractivity contribution is -0.142. The van der Waals surface area contributed by atoms with Crippen LogP contribution in [-0.4, -0.2) is 51.2 Å². The maximum atomic E-state index is 12.0. The predicted molar refractivity (Wildman–Crippen MR) is 80.6 cm³/mol. The Kier molecular flexibility index (Phi) is 5.69. The van der Waals surface area contributed by atoms with Crippen molar-refractivity contribution >= 4 is 21.9 Å². The van der Waals surface area contributed by atoms with E-state index in [2.05, 4.69) is 10.0 Å². The van der Waals surface area contributed by atoms with Crippen LogP contribution in [0.2, 0.25) is 0 Å². The Bertz CT molecular complexity index is 667. The van der Waals surface area contributed by atoms with Gasteiger partial charge in [0.1, 0.15) is 6.61 Å². The number of carbonyl (C=O) groups excluding carboxylic acids is 1. The second-order valence-electron chi connectivity index (χ2n) is 5.12. The van der Waals surface area contributed by atoms with Gasteiger partial charge in [0.15, 0.2) is 0 Å². The van der Waals surface area contributed by atoms with Crippen LogP contribution >= 0.6 is 0 Å². The molecule has 8 nitrogen and oxygen atoms in total. The second kappa shape index (κ2) is 7.53. The van der Waals surface area contributed by atoms with Crippen molar-refractivity contribution in [3.05, 3.63) is 29.8 Å². The van der Waals surface area contributed by atoms with Crippen LogP contribution in [0.5, 0.6) is 0 Å². The van der Waals surface area contributed by atoms with Gasteiger partial charge in [-0.1, -0.05) is 0 Å². The van der Waals surface area contributed by atoms with E-state index < -0.39 is 22.6 Å². The Morgan fingerprint density at radius 3 is 2.43 bits per heavy atom. The van der Waals surface area contributed by atoms with Crippen molar-refractivity contribution < 1.29 is 27.9 Å². The third-order valence-corrected chi connectivity index (χ3v) is 4.62. The molecule has 0 spiro atoms. The first-order chi connectivity index (χ1) is 10.9. The Labute approximate surface area is 133 Å². The summed E-state index contributed by atoms with van der Waals surface area (Å²) in [6, 6.07) is 5.62. The summed E-state index contributed by atoms with van der Waals surface area (Å²) in [6.07, 6.45) is 1.70. The zero-order valence-corrected chi connectivity index (χ0v) is 13.1. The van der Waals surface area contributed by atoms with Gasteiger partial charge in [-0.2, -0.15) is 0 Å². The monoisotopic (exact) mass is 342 g/mol. The Balaban J connectivity index is 1.83. The van der Waals surface area contributed by atoms with Crippen molar-refractivity contribution in [2.24, 2.45) is 0 Å². The van der Waals surface area contributed by atoms with Crippen LogP contribution in [0.25, 0.3) is 0 Å². The van der Waals surface area contributed by atoms with Crippen LogP contribution < -0.4 is 10.0 Å². The summed E-state index contributed by atoms with van der Waals surface area (Å²) >= 11 is 0. The lowest BCUT2D eigenvalue weighted by Gasteiger charge is -2.08. The zero-order valence-electron chi connectivity index (χ0n) is 12.3. The fourth-order valence-electron chi connectivity index (χ4n) is 1.77. The van der Waals surface area contributed by atoms with Gasteiger partial charge in [-0.05, 0) is 37.1 Å². The number of benzene rings is 1. The standard InChI is InChI=1S/C14H18N2O6S/c17-13(18)9-22-8-7-15-14(19)10-1-5-12(6-2-10)23(20,21)16-11-3-4-11/h1-2,5-6,11,16H,3-4,7-9H2,(H,15,19)(H,17,18). The summed E-state index contributed by atoms with van der Waals surface area (Å²) in [5.41, 5.74) is 0.314. The SMILES string of the molecule is O=C(O)COCCNC(=O)c1ccc(S(=O)(=O)NC2CC2)cc1. The van der Waals surface area contributed by atoms with Crippen molar-refractivity contribution in [2.45, 2.75) is 23.8 Å². The van der Waals surface area contributed by atoms with E-state index in [9.17, 15) is 18.0 Å². The molecule has 2 rings (SSSR count). The van der Waals surface area contributed by atoms with E-state index in [-0.39, 0.29) is 30.0 Å². The molecule has 0 radical (unpaired) electrons. The average molecular weight is 342 g/mol. The molecule has 0 unspecified atom stereocenters. The summed E-state index contributed by atoms with van der Waals surface area (Å²) in [7, 11) is -3.53. The van der Waals surface area contributed by atoms with Gasteiger partial charge in [0.25, 0.3) is 5.91 Å². The molecule has 3 N–H and O–H groups in total. The summed E-state index contributed by atoms with van der Waals surface area (Å²) in [5, 5.41) is 10.9. The topological polar surface area (TPSA) is 122 Å². The number of aliphatic carboxylic acids is 1. The largest absolute Gasteiger partial charge is 0.480 e. The van der Waals surface area contributed by atoms with Crippen LogP contribution in [0.1, 0.15) is 23.2 Å². The minimum Gasteiger partial charge on any atom is -0.480 e. The molecule has 0 atom stereocenters. The summed E-state index contributed by atoms with van der Waals surface area (Å²) in [4.78, 5) is 22.2. The minimum atomic E-state index is -3.53. The highest BCUT2D eigenvalue weighted by Crippen LogP contribution is 2.22. The number of ether oxygens (including phenoxy) is 1. The molecule has 0 aliphatic heterocycles. The summed E-state index contributed by atoms with van der Waals surface area (Å²) in [6.45, 7) is -0.179. The van der Waals surface area contributed by atoms with Gasteiger partial charge in [-0.15, -0.1) is 0 Å². The molecule has 1 amide bonds. The first-order valence-corrected chi connectivity index (χ1v) is 8.57. The fraction of sp³-hybridized carbons (Fsp3) is 0.429. The van der Waals surface area contributed by atoms with Gasteiger partial charge in [0, 0.05) is 18.2 Å². The minimum absolute atomic E-state index is 0.0220. The van der Waals surface area contributed by atoms with E-state index in [1.807, 2.05) is 0 Å². The highest BCUT2D eigenvalue weighted by Gasteiger charge is 2.27. The number of carboxylic acids is 1. The van der Waals surface area contributed by atoms with E-state index >= 15 is 0 Å². The number of hydrogen-bond acceptors (Lipinski definition) is 5. The summed E-state index contributed by atoms with van der Waals surface area (Å²) < 4.78 is 31.3. The lowest BCUT2D eigenvalue weighted by Crippen LogP contribution is -2.28. The quantitative estimate of drug-likeness (QED) is 0.541. The van der Waals surface area contributed by atoms with Gasteiger partial charge in [-0.3, -0.25) is 4.79 Å². The average Bonchev–Trinajstić information content (AvgIpc) is 3.30. The van der Waals surface area contributed by atoms with Crippen molar-refractivity contribution in [1.82, 2.24) is 10.0 Å². The highest BCUT2D eigenvalue weighted by atomic mass is 32.2. The molecule has 23 heavy (non-hydrogen) atoms. The van der Waals surface area contributed by atoms with E-state index in [0.29, 0.717) is 5.56 Å². The Hall–Kier alpha value is -1.97. The highest BCUT2D eigenvalue weighted by molar-refractivity contribution is 7.89. The Morgan fingerprint density at radius 2 is 1.87 bits per heavy atom. The fourth-order valence-corrected chi connectivity index (χ4v) is 3.08. The second-order valence-corrected chi connectivity index (χ2v) is 6.84. The normalized spacial score (nSPS) is 14.4. The summed E-state index contributed by atoms with van der Waals surface area (Å²) in [5.74, 6) is -1.46. The van der Waals surface area contributed by atoms with Crippen LogP contribution in [0, 0.1) is 0 Å². The molecule has 126 valence electrons. The molecule has 1 saturated carbocycles. The molecule has 1 aromatic rings. The van der Waals surface area contributed by atoms with Crippen LogP contribution in [0.15, 0.2) is 29.2 Å². The van der Waals surface area contributed by atoms with Crippen molar-refractivity contribution in [2.75, 3.05) is 19.8 Å². The number of nitrogens with one attached hydrogen (secondary N) is 2. The van der Waals surface area contributed by atoms with Crippen molar-refractivity contribution in [3.8, 4) is 0 Å². The van der Waals surface area contributed by atoms with E-state index in [1.54, 1.807) is 0 Å². The molecule has 0 bridgehead atoms. The number of rotatable bonds is 9. The molecular formula is C14H18N2O6S. The first-order valence-electron chi connectivity index (χ1n) is 7.08. The third kappa shape index (κ3) is 5.62. The van der Waals surface area contributed by atoms with Gasteiger partial charge < -0.3 is 15.2 Å². The first kappa shape index (κ1) is 17.4. The van der Waals surface area contributed by atoms with Gasteiger partial charge in [0.2, 0.25) is 10.0 Å².